The summed E-state index contributed by atoms with van der Waals surface area (Å²) < 4.78 is 11.1. The molecule has 7 heteroatoms. The standard InChI is InChI=1S/C26H31N3O4/c1-32-19-33-24-21(12-9-13-22(24)18-28-14-7-2-3-8-15-28)16-23-25(30)29(26(31)27-23)17-20-10-5-4-6-11-20/h4-6,9-13,16H,2-3,7-8,14-15,17-19H2,1H3,(H,27,31). The second-order valence-corrected chi connectivity index (χ2v) is 8.44. The number of benzene rings is 2. The summed E-state index contributed by atoms with van der Waals surface area (Å²) >= 11 is 0. The lowest BCUT2D eigenvalue weighted by Gasteiger charge is -2.22. The Morgan fingerprint density at radius 1 is 0.939 bits per heavy atom. The van der Waals surface area contributed by atoms with Crippen LogP contribution < -0.4 is 10.1 Å². The van der Waals surface area contributed by atoms with E-state index >= 15 is 0 Å². The fraction of sp³-hybridized carbons (Fsp3) is 0.385. The molecular formula is C26H31N3O4. The number of hydrogen-bond donors (Lipinski definition) is 1. The van der Waals surface area contributed by atoms with Crippen molar-refractivity contribution in [3.63, 3.8) is 0 Å². The number of para-hydroxylation sites is 1. The second kappa shape index (κ2) is 11.1. The summed E-state index contributed by atoms with van der Waals surface area (Å²) in [5.74, 6) is 0.333. The molecule has 2 aromatic carbocycles. The van der Waals surface area contributed by atoms with Crippen molar-refractivity contribution in [3.8, 4) is 5.75 Å². The van der Waals surface area contributed by atoms with Gasteiger partial charge in [0.25, 0.3) is 5.91 Å². The molecule has 0 aromatic heterocycles. The zero-order valence-corrected chi connectivity index (χ0v) is 19.1. The highest BCUT2D eigenvalue weighted by Crippen LogP contribution is 2.29. The predicted molar refractivity (Wildman–Crippen MR) is 126 cm³/mol. The maximum absolute atomic E-state index is 13.0. The van der Waals surface area contributed by atoms with Crippen molar-refractivity contribution < 1.29 is 19.1 Å². The van der Waals surface area contributed by atoms with Gasteiger partial charge in [-0.05, 0) is 37.6 Å². The van der Waals surface area contributed by atoms with E-state index in [0.717, 1.165) is 36.3 Å². The summed E-state index contributed by atoms with van der Waals surface area (Å²) in [6, 6.07) is 15.0. The van der Waals surface area contributed by atoms with Crippen molar-refractivity contribution >= 4 is 18.0 Å². The Morgan fingerprint density at radius 3 is 2.42 bits per heavy atom. The van der Waals surface area contributed by atoms with Crippen LogP contribution in [0.1, 0.15) is 42.4 Å². The minimum absolute atomic E-state index is 0.105. The molecule has 0 aliphatic carbocycles. The number of amides is 3. The number of urea groups is 1. The highest BCUT2D eigenvalue weighted by Gasteiger charge is 2.33. The van der Waals surface area contributed by atoms with Crippen LogP contribution in [-0.2, 0) is 22.6 Å². The van der Waals surface area contributed by atoms with Crippen LogP contribution in [-0.4, -0.2) is 48.7 Å². The van der Waals surface area contributed by atoms with Crippen molar-refractivity contribution in [2.45, 2.75) is 38.8 Å². The smallest absolute Gasteiger partial charge is 0.329 e. The van der Waals surface area contributed by atoms with Crippen LogP contribution in [0.4, 0.5) is 4.79 Å². The zero-order valence-electron chi connectivity index (χ0n) is 19.1. The van der Waals surface area contributed by atoms with E-state index in [-0.39, 0.29) is 24.9 Å². The lowest BCUT2D eigenvalue weighted by atomic mass is 10.1. The van der Waals surface area contributed by atoms with Crippen LogP contribution in [0.3, 0.4) is 0 Å². The minimum Gasteiger partial charge on any atom is -0.467 e. The molecule has 7 nitrogen and oxygen atoms in total. The molecule has 2 aliphatic heterocycles. The molecule has 0 radical (unpaired) electrons. The largest absolute Gasteiger partial charge is 0.467 e. The highest BCUT2D eigenvalue weighted by atomic mass is 16.7. The van der Waals surface area contributed by atoms with Gasteiger partial charge in [-0.25, -0.2) is 4.79 Å². The molecule has 0 atom stereocenters. The summed E-state index contributed by atoms with van der Waals surface area (Å²) in [5, 5.41) is 2.72. The summed E-state index contributed by atoms with van der Waals surface area (Å²) in [6.07, 6.45) is 6.65. The Balaban J connectivity index is 1.58. The van der Waals surface area contributed by atoms with Gasteiger partial charge >= 0.3 is 6.03 Å². The third-order valence-electron chi connectivity index (χ3n) is 5.99. The fourth-order valence-corrected chi connectivity index (χ4v) is 4.31. The summed E-state index contributed by atoms with van der Waals surface area (Å²) in [7, 11) is 1.58. The molecule has 33 heavy (non-hydrogen) atoms. The van der Waals surface area contributed by atoms with E-state index in [9.17, 15) is 9.59 Å². The summed E-state index contributed by atoms with van der Waals surface area (Å²) in [6.45, 7) is 3.24. The van der Waals surface area contributed by atoms with Crippen LogP contribution in [0.2, 0.25) is 0 Å². The first-order chi connectivity index (χ1) is 16.2. The van der Waals surface area contributed by atoms with Gasteiger partial charge in [-0.2, -0.15) is 0 Å². The molecule has 2 heterocycles. The van der Waals surface area contributed by atoms with Gasteiger partial charge in [-0.15, -0.1) is 0 Å². The first-order valence-electron chi connectivity index (χ1n) is 11.5. The molecule has 0 saturated carbocycles. The van der Waals surface area contributed by atoms with Gasteiger partial charge in [-0.3, -0.25) is 14.6 Å². The summed E-state index contributed by atoms with van der Waals surface area (Å²) in [4.78, 5) is 29.2. The van der Waals surface area contributed by atoms with E-state index in [1.807, 2.05) is 42.5 Å². The first kappa shape index (κ1) is 23.0. The number of ether oxygens (including phenoxy) is 2. The lowest BCUT2D eigenvalue weighted by molar-refractivity contribution is -0.123. The van der Waals surface area contributed by atoms with Gasteiger partial charge < -0.3 is 14.8 Å². The molecule has 0 spiro atoms. The number of carbonyl (C=O) groups is 2. The third kappa shape index (κ3) is 5.80. The molecular weight excluding hydrogens is 418 g/mol. The van der Waals surface area contributed by atoms with Crippen LogP contribution >= 0.6 is 0 Å². The van der Waals surface area contributed by atoms with Gasteiger partial charge in [0.05, 0.1) is 6.54 Å². The second-order valence-electron chi connectivity index (χ2n) is 8.44. The predicted octanol–water partition coefficient (Wildman–Crippen LogP) is 4.14. The van der Waals surface area contributed by atoms with Crippen LogP contribution in [0.25, 0.3) is 6.08 Å². The molecule has 1 N–H and O–H groups in total. The summed E-state index contributed by atoms with van der Waals surface area (Å²) in [5.41, 5.74) is 2.92. The molecule has 0 unspecified atom stereocenters. The lowest BCUT2D eigenvalue weighted by Crippen LogP contribution is -2.30. The van der Waals surface area contributed by atoms with Crippen LogP contribution in [0, 0.1) is 0 Å². The first-order valence-corrected chi connectivity index (χ1v) is 11.5. The quantitative estimate of drug-likeness (QED) is 0.373. The number of nitrogens with zero attached hydrogens (tertiary/aromatic N) is 2. The molecule has 4 rings (SSSR count). The minimum atomic E-state index is -0.421. The Hall–Kier alpha value is -3.16. The van der Waals surface area contributed by atoms with Gasteiger partial charge in [0.2, 0.25) is 0 Å². The number of imide groups is 1. The highest BCUT2D eigenvalue weighted by molar-refractivity contribution is 6.14. The van der Waals surface area contributed by atoms with E-state index in [1.165, 1.54) is 30.6 Å². The number of methoxy groups -OCH3 is 1. The fourth-order valence-electron chi connectivity index (χ4n) is 4.31. The average Bonchev–Trinajstić information content (AvgIpc) is 3.00. The van der Waals surface area contributed by atoms with Crippen molar-refractivity contribution in [1.29, 1.82) is 0 Å². The van der Waals surface area contributed by atoms with E-state index in [0.29, 0.717) is 5.75 Å². The molecule has 2 fully saturated rings. The van der Waals surface area contributed by atoms with Gasteiger partial charge in [0.1, 0.15) is 11.4 Å². The Kier molecular flexibility index (Phi) is 7.75. The maximum atomic E-state index is 13.0. The zero-order chi connectivity index (χ0) is 23.0. The topological polar surface area (TPSA) is 71.1 Å². The molecule has 0 bridgehead atoms. The van der Waals surface area contributed by atoms with E-state index in [1.54, 1.807) is 13.2 Å². The Morgan fingerprint density at radius 2 is 1.70 bits per heavy atom. The van der Waals surface area contributed by atoms with E-state index < -0.39 is 6.03 Å². The number of rotatable bonds is 8. The van der Waals surface area contributed by atoms with Crippen molar-refractivity contribution in [1.82, 2.24) is 15.1 Å². The number of carbonyl (C=O) groups excluding carboxylic acids is 2. The van der Waals surface area contributed by atoms with Crippen molar-refractivity contribution in [3.05, 3.63) is 70.9 Å². The number of likely N-dealkylation sites (tertiary alicyclic amines) is 1. The van der Waals surface area contributed by atoms with Gasteiger partial charge in [0, 0.05) is 24.8 Å². The molecule has 2 saturated heterocycles. The number of nitrogens with one attached hydrogen (secondary N) is 1. The SMILES string of the molecule is COCOc1c(C=C2NC(=O)N(Cc3ccccc3)C2=O)cccc1CN1CCCCCC1. The molecule has 2 aromatic rings. The number of hydrogen-bond acceptors (Lipinski definition) is 5. The molecule has 174 valence electrons. The molecule has 3 amide bonds. The third-order valence-corrected chi connectivity index (χ3v) is 5.99. The average molecular weight is 450 g/mol. The Labute approximate surface area is 195 Å². The van der Waals surface area contributed by atoms with Crippen molar-refractivity contribution in [2.24, 2.45) is 0 Å². The van der Waals surface area contributed by atoms with Crippen LogP contribution in [0.5, 0.6) is 5.75 Å². The van der Waals surface area contributed by atoms with Gasteiger partial charge in [-0.1, -0.05) is 61.4 Å². The normalized spacial score (nSPS) is 18.5. The van der Waals surface area contributed by atoms with Gasteiger partial charge in [0.15, 0.2) is 6.79 Å². The molecule has 2 aliphatic rings. The monoisotopic (exact) mass is 449 g/mol. The van der Waals surface area contributed by atoms with E-state index in [4.69, 9.17) is 9.47 Å². The maximum Gasteiger partial charge on any atom is 0.329 e. The Bertz CT molecular complexity index is 998. The van der Waals surface area contributed by atoms with Crippen molar-refractivity contribution in [2.75, 3.05) is 27.0 Å². The van der Waals surface area contributed by atoms with Crippen LogP contribution in [0.15, 0.2) is 54.2 Å². The van der Waals surface area contributed by atoms with E-state index in [2.05, 4.69) is 16.3 Å².